The van der Waals surface area contributed by atoms with E-state index in [1.54, 1.807) is 31.5 Å². The first-order chi connectivity index (χ1) is 9.08. The molecule has 1 aromatic heterocycles. The molecule has 0 aliphatic heterocycles. The highest BCUT2D eigenvalue weighted by Gasteiger charge is 2.12. The van der Waals surface area contributed by atoms with Crippen molar-refractivity contribution in [1.29, 1.82) is 0 Å². The molecular formula is C14H13FN2O2. The van der Waals surface area contributed by atoms with Gasteiger partial charge in [0.1, 0.15) is 12.4 Å². The number of rotatable bonds is 3. The number of anilines is 1. The molecule has 2 N–H and O–H groups in total. The van der Waals surface area contributed by atoms with E-state index in [9.17, 15) is 9.18 Å². The Morgan fingerprint density at radius 2 is 2.05 bits per heavy atom. The van der Waals surface area contributed by atoms with E-state index in [0.717, 1.165) is 11.6 Å². The molecule has 1 aromatic carbocycles. The highest BCUT2D eigenvalue weighted by Crippen LogP contribution is 2.18. The number of aromatic nitrogens is 1. The van der Waals surface area contributed by atoms with Gasteiger partial charge in [-0.2, -0.15) is 0 Å². The summed E-state index contributed by atoms with van der Waals surface area (Å²) in [5, 5.41) is 0. The highest BCUT2D eigenvalue weighted by molar-refractivity contribution is 5.90. The summed E-state index contributed by atoms with van der Waals surface area (Å²) in [7, 11) is 0. The molecule has 2 rings (SSSR count). The van der Waals surface area contributed by atoms with Crippen LogP contribution in [0.3, 0.4) is 0 Å². The Balaban J connectivity index is 2.08. The summed E-state index contributed by atoms with van der Waals surface area (Å²) in [5.74, 6) is -1.13. The number of carbonyl (C=O) groups excluding carboxylic acids is 1. The molecule has 5 heteroatoms. The van der Waals surface area contributed by atoms with Crippen LogP contribution in [-0.4, -0.2) is 11.0 Å². The molecule has 19 heavy (non-hydrogen) atoms. The number of nitrogen functional groups attached to an aromatic ring is 1. The number of carbonyl (C=O) groups is 1. The van der Waals surface area contributed by atoms with Crippen LogP contribution in [0.1, 0.15) is 21.5 Å². The standard InChI is InChI=1S/C14H13FN2O2/c1-9-12(15)6-11(7-13(9)16)14(18)19-8-10-2-4-17-5-3-10/h2-7H,8,16H2,1H3. The number of hydrogen-bond acceptors (Lipinski definition) is 4. The van der Waals surface area contributed by atoms with Crippen molar-refractivity contribution in [3.8, 4) is 0 Å². The molecule has 2 aromatic rings. The lowest BCUT2D eigenvalue weighted by Crippen LogP contribution is -2.07. The third kappa shape index (κ3) is 3.07. The maximum Gasteiger partial charge on any atom is 0.338 e. The Kier molecular flexibility index (Phi) is 3.75. The van der Waals surface area contributed by atoms with Crippen LogP contribution in [0, 0.1) is 12.7 Å². The lowest BCUT2D eigenvalue weighted by molar-refractivity contribution is 0.0472. The minimum absolute atomic E-state index is 0.106. The third-order valence-corrected chi connectivity index (χ3v) is 2.74. The molecule has 0 aliphatic rings. The average molecular weight is 260 g/mol. The lowest BCUT2D eigenvalue weighted by Gasteiger charge is -2.07. The van der Waals surface area contributed by atoms with Crippen LogP contribution < -0.4 is 5.73 Å². The first kappa shape index (κ1) is 13.0. The van der Waals surface area contributed by atoms with E-state index in [0.29, 0.717) is 5.56 Å². The summed E-state index contributed by atoms with van der Waals surface area (Å²) in [5.41, 5.74) is 7.08. The summed E-state index contributed by atoms with van der Waals surface area (Å²) in [6, 6.07) is 6.00. The number of ether oxygens (including phenoxy) is 1. The van der Waals surface area contributed by atoms with E-state index < -0.39 is 11.8 Å². The number of esters is 1. The van der Waals surface area contributed by atoms with E-state index in [2.05, 4.69) is 4.98 Å². The fourth-order valence-electron chi connectivity index (χ4n) is 1.53. The Morgan fingerprint density at radius 3 is 2.68 bits per heavy atom. The minimum atomic E-state index is -0.609. The van der Waals surface area contributed by atoms with Crippen molar-refractivity contribution >= 4 is 11.7 Å². The van der Waals surface area contributed by atoms with Gasteiger partial charge < -0.3 is 10.5 Å². The Bertz CT molecular complexity index is 577. The Hall–Kier alpha value is -2.43. The first-order valence-electron chi connectivity index (χ1n) is 5.69. The van der Waals surface area contributed by atoms with Crippen molar-refractivity contribution in [1.82, 2.24) is 4.98 Å². The third-order valence-electron chi connectivity index (χ3n) is 2.74. The van der Waals surface area contributed by atoms with Crippen molar-refractivity contribution in [2.45, 2.75) is 13.5 Å². The molecule has 0 fully saturated rings. The van der Waals surface area contributed by atoms with Gasteiger partial charge in [-0.15, -0.1) is 0 Å². The van der Waals surface area contributed by atoms with Crippen LogP contribution in [0.25, 0.3) is 0 Å². The predicted octanol–water partition coefficient (Wildman–Crippen LogP) is 2.47. The maximum absolute atomic E-state index is 13.5. The highest BCUT2D eigenvalue weighted by atomic mass is 19.1. The SMILES string of the molecule is Cc1c(N)cc(C(=O)OCc2ccncc2)cc1F. The summed E-state index contributed by atoms with van der Waals surface area (Å²) in [6.45, 7) is 1.66. The van der Waals surface area contributed by atoms with Gasteiger partial charge in [-0.1, -0.05) is 0 Å². The number of halogens is 1. The van der Waals surface area contributed by atoms with Gasteiger partial charge >= 0.3 is 5.97 Å². The van der Waals surface area contributed by atoms with E-state index in [1.165, 1.54) is 6.07 Å². The molecule has 0 spiro atoms. The maximum atomic E-state index is 13.5. The number of nitrogens with two attached hydrogens (primary N) is 1. The minimum Gasteiger partial charge on any atom is -0.457 e. The molecule has 0 radical (unpaired) electrons. The molecule has 0 aliphatic carbocycles. The van der Waals surface area contributed by atoms with E-state index >= 15 is 0 Å². The molecule has 0 bridgehead atoms. The zero-order valence-electron chi connectivity index (χ0n) is 10.4. The van der Waals surface area contributed by atoms with Gasteiger partial charge in [-0.05, 0) is 36.8 Å². The first-order valence-corrected chi connectivity index (χ1v) is 5.69. The Morgan fingerprint density at radius 1 is 1.37 bits per heavy atom. The number of pyridine rings is 1. The van der Waals surface area contributed by atoms with Crippen molar-refractivity contribution in [2.75, 3.05) is 5.73 Å². The fraction of sp³-hybridized carbons (Fsp3) is 0.143. The molecule has 0 amide bonds. The van der Waals surface area contributed by atoms with Crippen LogP contribution >= 0.6 is 0 Å². The zero-order valence-corrected chi connectivity index (χ0v) is 10.4. The summed E-state index contributed by atoms with van der Waals surface area (Å²) >= 11 is 0. The van der Waals surface area contributed by atoms with Gasteiger partial charge in [0.05, 0.1) is 5.56 Å². The van der Waals surface area contributed by atoms with Gasteiger partial charge in [0.2, 0.25) is 0 Å². The summed E-state index contributed by atoms with van der Waals surface area (Å²) < 4.78 is 18.5. The van der Waals surface area contributed by atoms with Crippen LogP contribution in [-0.2, 0) is 11.3 Å². The number of benzene rings is 1. The van der Waals surface area contributed by atoms with Crippen LogP contribution in [0.15, 0.2) is 36.7 Å². The topological polar surface area (TPSA) is 65.2 Å². The lowest BCUT2D eigenvalue weighted by atomic mass is 10.1. The molecule has 0 saturated carbocycles. The monoisotopic (exact) mass is 260 g/mol. The van der Waals surface area contributed by atoms with Gasteiger partial charge in [-0.25, -0.2) is 9.18 Å². The summed E-state index contributed by atoms with van der Waals surface area (Å²) in [6.07, 6.45) is 3.21. The second-order valence-corrected chi connectivity index (χ2v) is 4.10. The molecule has 98 valence electrons. The van der Waals surface area contributed by atoms with Gasteiger partial charge in [0, 0.05) is 23.6 Å². The molecule has 1 heterocycles. The molecule has 0 saturated heterocycles. The number of hydrogen-bond donors (Lipinski definition) is 1. The zero-order chi connectivity index (χ0) is 13.8. The predicted molar refractivity (Wildman–Crippen MR) is 68.9 cm³/mol. The second kappa shape index (κ2) is 5.48. The molecular weight excluding hydrogens is 247 g/mol. The Labute approximate surface area is 110 Å². The summed E-state index contributed by atoms with van der Waals surface area (Å²) in [4.78, 5) is 15.6. The van der Waals surface area contributed by atoms with E-state index in [4.69, 9.17) is 10.5 Å². The van der Waals surface area contributed by atoms with Gasteiger partial charge in [0.25, 0.3) is 0 Å². The van der Waals surface area contributed by atoms with Crippen molar-refractivity contribution in [3.05, 3.63) is 59.2 Å². The number of nitrogens with zero attached hydrogens (tertiary/aromatic N) is 1. The van der Waals surface area contributed by atoms with Gasteiger partial charge in [0.15, 0.2) is 0 Å². The molecule has 0 atom stereocenters. The average Bonchev–Trinajstić information content (AvgIpc) is 2.42. The second-order valence-electron chi connectivity index (χ2n) is 4.10. The van der Waals surface area contributed by atoms with E-state index in [1.807, 2.05) is 0 Å². The fourth-order valence-corrected chi connectivity index (χ4v) is 1.53. The van der Waals surface area contributed by atoms with Crippen molar-refractivity contribution in [3.63, 3.8) is 0 Å². The smallest absolute Gasteiger partial charge is 0.338 e. The van der Waals surface area contributed by atoms with Crippen LogP contribution in [0.5, 0.6) is 0 Å². The van der Waals surface area contributed by atoms with Crippen molar-refractivity contribution in [2.24, 2.45) is 0 Å². The molecule has 4 nitrogen and oxygen atoms in total. The van der Waals surface area contributed by atoms with Crippen LogP contribution in [0.2, 0.25) is 0 Å². The molecule has 0 unspecified atom stereocenters. The van der Waals surface area contributed by atoms with Gasteiger partial charge in [-0.3, -0.25) is 4.98 Å². The quantitative estimate of drug-likeness (QED) is 0.680. The van der Waals surface area contributed by atoms with Crippen LogP contribution in [0.4, 0.5) is 10.1 Å². The van der Waals surface area contributed by atoms with Crippen molar-refractivity contribution < 1.29 is 13.9 Å². The normalized spacial score (nSPS) is 10.2. The van der Waals surface area contributed by atoms with E-state index in [-0.39, 0.29) is 17.9 Å². The largest absolute Gasteiger partial charge is 0.457 e.